The summed E-state index contributed by atoms with van der Waals surface area (Å²) in [5.41, 5.74) is 1.05. The number of rotatable bonds is 7. The second kappa shape index (κ2) is 7.29. The largest absolute Gasteiger partial charge is 0.444 e. The van der Waals surface area contributed by atoms with E-state index in [0.717, 1.165) is 31.2 Å². The van der Waals surface area contributed by atoms with Crippen LogP contribution in [0.15, 0.2) is 30.3 Å². The van der Waals surface area contributed by atoms with E-state index in [-0.39, 0.29) is 24.8 Å². The summed E-state index contributed by atoms with van der Waals surface area (Å²) in [5.74, 6) is 0. The first-order valence-corrected chi connectivity index (χ1v) is 7.38. The quantitative estimate of drug-likeness (QED) is 0.780. The van der Waals surface area contributed by atoms with Crippen LogP contribution in [-0.2, 0) is 11.3 Å². The molecule has 1 aliphatic heterocycles. The minimum absolute atomic E-state index is 0.0463. The summed E-state index contributed by atoms with van der Waals surface area (Å²) in [6.45, 7) is 2.59. The maximum atomic E-state index is 12.0. The summed E-state index contributed by atoms with van der Waals surface area (Å²) in [7, 11) is 0. The Balaban J connectivity index is 1.99. The van der Waals surface area contributed by atoms with Gasteiger partial charge in [-0.2, -0.15) is 0 Å². The molecular formula is C16H23NO3. The number of cyclic esters (lactones) is 1. The fraction of sp³-hybridized carbons (Fsp3) is 0.562. The molecule has 0 unspecified atom stereocenters. The van der Waals surface area contributed by atoms with Gasteiger partial charge in [-0.3, -0.25) is 4.90 Å². The Morgan fingerprint density at radius 1 is 1.25 bits per heavy atom. The highest BCUT2D eigenvalue weighted by Crippen LogP contribution is 2.25. The number of hydrogen-bond donors (Lipinski definition) is 1. The van der Waals surface area contributed by atoms with Gasteiger partial charge in [0.2, 0.25) is 0 Å². The number of hydrogen-bond acceptors (Lipinski definition) is 3. The lowest BCUT2D eigenvalue weighted by molar-refractivity contribution is 0.109. The monoisotopic (exact) mass is 277 g/mol. The van der Waals surface area contributed by atoms with Gasteiger partial charge < -0.3 is 9.84 Å². The molecule has 1 aromatic rings. The standard InChI is InChI=1S/C16H23NO3/c1-2-3-5-10-15-14(12-18)17(16(19)20-15)11-13-8-6-4-7-9-13/h4,6-9,14-15,18H,2-3,5,10-12H2,1H3/t14-,15-/m0/s1. The Morgan fingerprint density at radius 3 is 2.65 bits per heavy atom. The smallest absolute Gasteiger partial charge is 0.410 e. The molecule has 2 atom stereocenters. The molecule has 20 heavy (non-hydrogen) atoms. The number of carbonyl (C=O) groups excluding carboxylic acids is 1. The molecule has 1 aliphatic rings. The van der Waals surface area contributed by atoms with E-state index in [1.165, 1.54) is 0 Å². The number of benzene rings is 1. The number of carbonyl (C=O) groups is 1. The van der Waals surface area contributed by atoms with Crippen LogP contribution in [-0.4, -0.2) is 34.9 Å². The van der Waals surface area contributed by atoms with Crippen LogP contribution in [0.2, 0.25) is 0 Å². The fourth-order valence-corrected chi connectivity index (χ4v) is 2.64. The van der Waals surface area contributed by atoms with E-state index < -0.39 is 0 Å². The van der Waals surface area contributed by atoms with Crippen LogP contribution in [0.5, 0.6) is 0 Å². The molecule has 0 aromatic heterocycles. The molecule has 1 heterocycles. The van der Waals surface area contributed by atoms with Gasteiger partial charge in [-0.05, 0) is 18.4 Å². The highest BCUT2D eigenvalue weighted by molar-refractivity contribution is 5.70. The van der Waals surface area contributed by atoms with Crippen molar-refractivity contribution in [3.05, 3.63) is 35.9 Å². The molecule has 0 spiro atoms. The van der Waals surface area contributed by atoms with Crippen LogP contribution < -0.4 is 0 Å². The minimum Gasteiger partial charge on any atom is -0.444 e. The minimum atomic E-state index is -0.311. The molecule has 0 bridgehead atoms. The molecule has 2 rings (SSSR count). The average Bonchev–Trinajstić information content (AvgIpc) is 2.76. The number of ether oxygens (including phenoxy) is 1. The second-order valence-electron chi connectivity index (χ2n) is 5.28. The van der Waals surface area contributed by atoms with Crippen LogP contribution in [0.25, 0.3) is 0 Å². The molecule has 0 saturated carbocycles. The normalized spacial score (nSPS) is 22.1. The van der Waals surface area contributed by atoms with Crippen molar-refractivity contribution in [3.8, 4) is 0 Å². The van der Waals surface area contributed by atoms with Gasteiger partial charge in [0.1, 0.15) is 6.10 Å². The summed E-state index contributed by atoms with van der Waals surface area (Å²) < 4.78 is 5.42. The van der Waals surface area contributed by atoms with Gasteiger partial charge in [-0.25, -0.2) is 4.79 Å². The van der Waals surface area contributed by atoms with E-state index >= 15 is 0 Å². The number of unbranched alkanes of at least 4 members (excludes halogenated alkanes) is 2. The van der Waals surface area contributed by atoms with Crippen LogP contribution >= 0.6 is 0 Å². The molecule has 1 aromatic carbocycles. The molecule has 0 aliphatic carbocycles. The first kappa shape index (κ1) is 14.9. The number of nitrogens with zero attached hydrogens (tertiary/aromatic N) is 1. The zero-order chi connectivity index (χ0) is 14.4. The number of aliphatic hydroxyl groups excluding tert-OH is 1. The maximum Gasteiger partial charge on any atom is 0.410 e. The molecule has 1 N–H and O–H groups in total. The van der Waals surface area contributed by atoms with Gasteiger partial charge in [0, 0.05) is 6.54 Å². The summed E-state index contributed by atoms with van der Waals surface area (Å²) in [6.07, 6.45) is 3.64. The van der Waals surface area contributed by atoms with E-state index in [1.807, 2.05) is 30.3 Å². The van der Waals surface area contributed by atoms with Gasteiger partial charge in [0.25, 0.3) is 0 Å². The van der Waals surface area contributed by atoms with Crippen molar-refractivity contribution in [2.24, 2.45) is 0 Å². The van der Waals surface area contributed by atoms with Crippen LogP contribution in [0.1, 0.15) is 38.2 Å². The van der Waals surface area contributed by atoms with Crippen LogP contribution in [0.3, 0.4) is 0 Å². The SMILES string of the molecule is CCCCC[C@@H]1OC(=O)N(Cc2ccccc2)[C@H]1CO. The van der Waals surface area contributed by atoms with Gasteiger partial charge in [-0.1, -0.05) is 50.1 Å². The van der Waals surface area contributed by atoms with Gasteiger partial charge in [-0.15, -0.1) is 0 Å². The Morgan fingerprint density at radius 2 is 2.00 bits per heavy atom. The maximum absolute atomic E-state index is 12.0. The van der Waals surface area contributed by atoms with E-state index in [9.17, 15) is 9.90 Å². The van der Waals surface area contributed by atoms with Crippen molar-refractivity contribution >= 4 is 6.09 Å². The molecule has 1 fully saturated rings. The second-order valence-corrected chi connectivity index (χ2v) is 5.28. The van der Waals surface area contributed by atoms with Crippen LogP contribution in [0.4, 0.5) is 4.79 Å². The first-order valence-electron chi connectivity index (χ1n) is 7.38. The Labute approximate surface area is 120 Å². The number of aliphatic hydroxyl groups is 1. The Hall–Kier alpha value is -1.55. The summed E-state index contributed by atoms with van der Waals surface area (Å²) >= 11 is 0. The zero-order valence-electron chi connectivity index (χ0n) is 12.0. The average molecular weight is 277 g/mol. The predicted molar refractivity (Wildman–Crippen MR) is 77.3 cm³/mol. The third-order valence-corrected chi connectivity index (χ3v) is 3.79. The molecule has 1 amide bonds. The molecule has 4 nitrogen and oxygen atoms in total. The predicted octanol–water partition coefficient (Wildman–Crippen LogP) is 2.95. The number of amides is 1. The van der Waals surface area contributed by atoms with Gasteiger partial charge >= 0.3 is 6.09 Å². The first-order chi connectivity index (χ1) is 9.76. The van der Waals surface area contributed by atoms with Gasteiger partial charge in [0.05, 0.1) is 12.6 Å². The van der Waals surface area contributed by atoms with E-state index in [4.69, 9.17) is 4.74 Å². The topological polar surface area (TPSA) is 49.8 Å². The summed E-state index contributed by atoms with van der Waals surface area (Å²) in [4.78, 5) is 13.6. The molecule has 0 radical (unpaired) electrons. The lowest BCUT2D eigenvalue weighted by Gasteiger charge is -2.22. The third-order valence-electron chi connectivity index (χ3n) is 3.79. The van der Waals surface area contributed by atoms with E-state index in [1.54, 1.807) is 4.90 Å². The molecule has 4 heteroatoms. The molecule has 110 valence electrons. The van der Waals surface area contributed by atoms with E-state index in [0.29, 0.717) is 6.54 Å². The lowest BCUT2D eigenvalue weighted by Crippen LogP contribution is -2.39. The Bertz CT molecular complexity index is 421. The summed E-state index contributed by atoms with van der Waals surface area (Å²) in [6, 6.07) is 9.58. The van der Waals surface area contributed by atoms with Crippen molar-refractivity contribution in [2.75, 3.05) is 6.61 Å². The summed E-state index contributed by atoms with van der Waals surface area (Å²) in [5, 5.41) is 9.59. The highest BCUT2D eigenvalue weighted by Gasteiger charge is 2.40. The van der Waals surface area contributed by atoms with Crippen molar-refractivity contribution < 1.29 is 14.6 Å². The fourth-order valence-electron chi connectivity index (χ4n) is 2.64. The lowest BCUT2D eigenvalue weighted by atomic mass is 10.0. The van der Waals surface area contributed by atoms with Crippen molar-refractivity contribution in [1.82, 2.24) is 4.90 Å². The zero-order valence-corrected chi connectivity index (χ0v) is 12.0. The third kappa shape index (κ3) is 3.51. The molecule has 1 saturated heterocycles. The van der Waals surface area contributed by atoms with E-state index in [2.05, 4.69) is 6.92 Å². The van der Waals surface area contributed by atoms with Crippen molar-refractivity contribution in [2.45, 2.75) is 51.3 Å². The van der Waals surface area contributed by atoms with Crippen molar-refractivity contribution in [3.63, 3.8) is 0 Å². The Kier molecular flexibility index (Phi) is 5.41. The van der Waals surface area contributed by atoms with Crippen LogP contribution in [0, 0.1) is 0 Å². The van der Waals surface area contributed by atoms with Gasteiger partial charge in [0.15, 0.2) is 0 Å². The molecular weight excluding hydrogens is 254 g/mol. The highest BCUT2D eigenvalue weighted by atomic mass is 16.6. The van der Waals surface area contributed by atoms with Crippen molar-refractivity contribution in [1.29, 1.82) is 0 Å².